The largest absolute Gasteiger partial charge is 0.337 e. The molecular weight excluding hydrogens is 212 g/mol. The van der Waals surface area contributed by atoms with Crippen LogP contribution in [0.4, 0.5) is 0 Å². The van der Waals surface area contributed by atoms with Crippen LogP contribution in [0, 0.1) is 0 Å². The van der Waals surface area contributed by atoms with Gasteiger partial charge >= 0.3 is 0 Å². The summed E-state index contributed by atoms with van der Waals surface area (Å²) in [6.45, 7) is 13.6. The van der Waals surface area contributed by atoms with E-state index in [0.717, 1.165) is 6.42 Å². The van der Waals surface area contributed by atoms with Crippen molar-refractivity contribution < 1.29 is 4.79 Å². The van der Waals surface area contributed by atoms with Crippen LogP contribution in [0.25, 0.3) is 0 Å². The van der Waals surface area contributed by atoms with Crippen LogP contribution in [0.5, 0.6) is 0 Å². The molecule has 0 bridgehead atoms. The van der Waals surface area contributed by atoms with Crippen molar-refractivity contribution in [3.63, 3.8) is 0 Å². The summed E-state index contributed by atoms with van der Waals surface area (Å²) in [7, 11) is 0. The van der Waals surface area contributed by atoms with Crippen LogP contribution < -0.4 is 10.6 Å². The zero-order valence-corrected chi connectivity index (χ0v) is 11.1. The Morgan fingerprint density at radius 2 is 1.87 bits per heavy atom. The first kappa shape index (κ1) is 16.9. The molecule has 0 aliphatic carbocycles. The molecule has 0 spiro atoms. The first-order valence-corrected chi connectivity index (χ1v) is 5.00. The van der Waals surface area contributed by atoms with Crippen molar-refractivity contribution in [2.24, 2.45) is 0 Å². The third-order valence-electron chi connectivity index (χ3n) is 1.71. The maximum Gasteiger partial charge on any atom is 0.247 e. The first-order chi connectivity index (χ1) is 6.26. The van der Waals surface area contributed by atoms with Gasteiger partial charge in [0.2, 0.25) is 5.91 Å². The summed E-state index contributed by atoms with van der Waals surface area (Å²) in [6.07, 6.45) is 0.871. The van der Waals surface area contributed by atoms with Crippen molar-refractivity contribution in [1.82, 2.24) is 10.6 Å². The molecule has 0 fully saturated rings. The summed E-state index contributed by atoms with van der Waals surface area (Å²) in [5.74, 6) is -0.0893. The van der Waals surface area contributed by atoms with E-state index in [1.165, 1.54) is 0 Å². The maximum atomic E-state index is 11.3. The van der Waals surface area contributed by atoms with Crippen molar-refractivity contribution in [2.75, 3.05) is 0 Å². The fraction of sp³-hybridized carbons (Fsp3) is 0.727. The Morgan fingerprint density at radius 1 is 1.40 bits per heavy atom. The summed E-state index contributed by atoms with van der Waals surface area (Å²) in [5, 5.41) is 6.19. The van der Waals surface area contributed by atoms with E-state index in [1.807, 2.05) is 6.92 Å². The van der Waals surface area contributed by atoms with Crippen LogP contribution in [0.15, 0.2) is 12.2 Å². The molecule has 0 saturated heterocycles. The van der Waals surface area contributed by atoms with Gasteiger partial charge in [-0.15, -0.1) is 12.4 Å². The van der Waals surface area contributed by atoms with Crippen LogP contribution in [-0.2, 0) is 4.79 Å². The quantitative estimate of drug-likeness (QED) is 0.579. The van der Waals surface area contributed by atoms with E-state index in [-0.39, 0.29) is 30.0 Å². The van der Waals surface area contributed by atoms with E-state index in [1.54, 1.807) is 6.92 Å². The minimum atomic E-state index is -0.0893. The first-order valence-electron chi connectivity index (χ1n) is 5.00. The highest BCUT2D eigenvalue weighted by Gasteiger charge is 2.17. The Balaban J connectivity index is 0. The molecule has 0 aromatic carbocycles. The zero-order valence-electron chi connectivity index (χ0n) is 10.3. The highest BCUT2D eigenvalue weighted by atomic mass is 35.5. The normalized spacial score (nSPS) is 12.6. The highest BCUT2D eigenvalue weighted by Crippen LogP contribution is 2.02. The van der Waals surface area contributed by atoms with Gasteiger partial charge in [0, 0.05) is 11.1 Å². The van der Waals surface area contributed by atoms with Crippen molar-refractivity contribution in [3.8, 4) is 0 Å². The van der Waals surface area contributed by atoms with Crippen molar-refractivity contribution in [3.05, 3.63) is 12.2 Å². The molecule has 15 heavy (non-hydrogen) atoms. The minimum Gasteiger partial charge on any atom is -0.337 e. The fourth-order valence-electron chi connectivity index (χ4n) is 1.04. The van der Waals surface area contributed by atoms with Crippen LogP contribution in [-0.4, -0.2) is 17.6 Å². The molecule has 0 heterocycles. The Kier molecular flexibility index (Phi) is 7.71. The molecule has 90 valence electrons. The van der Waals surface area contributed by atoms with Gasteiger partial charge in [-0.1, -0.05) is 13.5 Å². The molecule has 0 rings (SSSR count). The highest BCUT2D eigenvalue weighted by molar-refractivity contribution is 5.92. The van der Waals surface area contributed by atoms with E-state index in [2.05, 4.69) is 38.0 Å². The number of amides is 1. The molecule has 2 N–H and O–H groups in total. The van der Waals surface area contributed by atoms with Gasteiger partial charge < -0.3 is 5.32 Å². The standard InChI is InChI=1S/C11H22N2O.ClH/c1-7-9(13-11(4,5)6)12-10(14)8(2)3;/h9,13H,2,7H2,1,3-6H3,(H,12,14);1H. The summed E-state index contributed by atoms with van der Waals surface area (Å²) in [4.78, 5) is 11.3. The molecule has 0 aromatic heterocycles. The molecule has 0 radical (unpaired) electrons. The minimum absolute atomic E-state index is 0. The zero-order chi connectivity index (χ0) is 11.4. The van der Waals surface area contributed by atoms with Gasteiger partial charge in [-0.3, -0.25) is 10.1 Å². The molecule has 1 amide bonds. The molecule has 1 atom stereocenters. The summed E-state index contributed by atoms with van der Waals surface area (Å²) in [6, 6.07) is 0. The molecule has 3 nitrogen and oxygen atoms in total. The van der Waals surface area contributed by atoms with Gasteiger partial charge in [-0.05, 0) is 34.1 Å². The number of carbonyl (C=O) groups is 1. The van der Waals surface area contributed by atoms with Crippen LogP contribution >= 0.6 is 12.4 Å². The van der Waals surface area contributed by atoms with Gasteiger partial charge in [0.05, 0.1) is 6.17 Å². The third kappa shape index (κ3) is 8.45. The second-order valence-corrected chi connectivity index (χ2v) is 4.61. The van der Waals surface area contributed by atoms with Gasteiger partial charge in [0.25, 0.3) is 0 Å². The number of halogens is 1. The monoisotopic (exact) mass is 234 g/mol. The molecule has 4 heteroatoms. The van der Waals surface area contributed by atoms with Crippen LogP contribution in [0.2, 0.25) is 0 Å². The Bertz CT molecular complexity index is 221. The summed E-state index contributed by atoms with van der Waals surface area (Å²) < 4.78 is 0. The smallest absolute Gasteiger partial charge is 0.247 e. The number of nitrogens with one attached hydrogen (secondary N) is 2. The van der Waals surface area contributed by atoms with E-state index in [4.69, 9.17) is 0 Å². The molecular formula is C11H23ClN2O. The number of hydrogen-bond acceptors (Lipinski definition) is 2. The van der Waals surface area contributed by atoms with Gasteiger partial charge in [-0.25, -0.2) is 0 Å². The average molecular weight is 235 g/mol. The van der Waals surface area contributed by atoms with Crippen molar-refractivity contribution in [2.45, 2.75) is 52.7 Å². The number of hydrogen-bond donors (Lipinski definition) is 2. The molecule has 0 aliphatic heterocycles. The molecule has 0 aliphatic rings. The third-order valence-corrected chi connectivity index (χ3v) is 1.71. The molecule has 1 unspecified atom stereocenters. The molecule has 0 saturated carbocycles. The maximum absolute atomic E-state index is 11.3. The lowest BCUT2D eigenvalue weighted by Crippen LogP contribution is -2.52. The van der Waals surface area contributed by atoms with E-state index in [0.29, 0.717) is 5.57 Å². The van der Waals surface area contributed by atoms with Crippen molar-refractivity contribution in [1.29, 1.82) is 0 Å². The number of carbonyl (C=O) groups excluding carboxylic acids is 1. The lowest BCUT2D eigenvalue weighted by molar-refractivity contribution is -0.118. The van der Waals surface area contributed by atoms with Crippen LogP contribution in [0.1, 0.15) is 41.0 Å². The van der Waals surface area contributed by atoms with E-state index >= 15 is 0 Å². The average Bonchev–Trinajstić information content (AvgIpc) is 2.00. The predicted molar refractivity (Wildman–Crippen MR) is 67.2 cm³/mol. The summed E-state index contributed by atoms with van der Waals surface area (Å²) in [5.41, 5.74) is 0.544. The second kappa shape index (κ2) is 6.85. The van der Waals surface area contributed by atoms with E-state index in [9.17, 15) is 4.79 Å². The van der Waals surface area contributed by atoms with Gasteiger partial charge in [-0.2, -0.15) is 0 Å². The summed E-state index contributed by atoms with van der Waals surface area (Å²) >= 11 is 0. The topological polar surface area (TPSA) is 41.1 Å². The Labute approximate surface area is 99.1 Å². The predicted octanol–water partition coefficient (Wildman–Crippen LogP) is 2.22. The van der Waals surface area contributed by atoms with Gasteiger partial charge in [0.15, 0.2) is 0 Å². The lowest BCUT2D eigenvalue weighted by atomic mass is 10.1. The second-order valence-electron chi connectivity index (χ2n) is 4.61. The van der Waals surface area contributed by atoms with Crippen LogP contribution in [0.3, 0.4) is 0 Å². The lowest BCUT2D eigenvalue weighted by Gasteiger charge is -2.28. The fourth-order valence-corrected chi connectivity index (χ4v) is 1.04. The molecule has 0 aromatic rings. The van der Waals surface area contributed by atoms with Crippen molar-refractivity contribution >= 4 is 18.3 Å². The Morgan fingerprint density at radius 3 is 2.13 bits per heavy atom. The van der Waals surface area contributed by atoms with Gasteiger partial charge in [0.1, 0.15) is 0 Å². The Hall–Kier alpha value is -0.540. The SMILES string of the molecule is C=C(C)C(=O)NC(CC)NC(C)(C)C.Cl. The van der Waals surface area contributed by atoms with E-state index < -0.39 is 0 Å². The number of rotatable bonds is 4.